The highest BCUT2D eigenvalue weighted by atomic mass is 35.5. The lowest BCUT2D eigenvalue weighted by molar-refractivity contribution is 0.406. The molecule has 0 aliphatic carbocycles. The van der Waals surface area contributed by atoms with E-state index in [2.05, 4.69) is 5.32 Å². The summed E-state index contributed by atoms with van der Waals surface area (Å²) in [6.45, 7) is 1.91. The molecule has 3 heteroatoms. The van der Waals surface area contributed by atoms with Gasteiger partial charge in [-0.3, -0.25) is 0 Å². The molecule has 0 saturated heterocycles. The standard InChI is InChI=1S/C10H12ClNO/c1-13-10-5-8(11)4-7-6-12-3-2-9(7)10/h4-5,12H,2-3,6H2,1H3. The van der Waals surface area contributed by atoms with Crippen LogP contribution < -0.4 is 10.1 Å². The number of rotatable bonds is 1. The van der Waals surface area contributed by atoms with Crippen molar-refractivity contribution in [2.24, 2.45) is 0 Å². The van der Waals surface area contributed by atoms with Crippen LogP contribution >= 0.6 is 11.6 Å². The van der Waals surface area contributed by atoms with Gasteiger partial charge in [0.2, 0.25) is 0 Å². The quantitative estimate of drug-likeness (QED) is 0.744. The first-order valence-electron chi connectivity index (χ1n) is 4.37. The minimum absolute atomic E-state index is 0.749. The molecule has 1 aromatic rings. The van der Waals surface area contributed by atoms with Gasteiger partial charge in [-0.25, -0.2) is 0 Å². The molecule has 0 bridgehead atoms. The first kappa shape index (κ1) is 8.85. The van der Waals surface area contributed by atoms with Gasteiger partial charge in [0.15, 0.2) is 0 Å². The van der Waals surface area contributed by atoms with Crippen molar-refractivity contribution in [3.8, 4) is 5.75 Å². The average Bonchev–Trinajstić information content (AvgIpc) is 2.16. The zero-order chi connectivity index (χ0) is 9.26. The molecule has 0 unspecified atom stereocenters. The molecule has 0 saturated carbocycles. The molecule has 0 amide bonds. The van der Waals surface area contributed by atoms with E-state index in [9.17, 15) is 0 Å². The van der Waals surface area contributed by atoms with Gasteiger partial charge in [0.1, 0.15) is 5.75 Å². The molecule has 0 fully saturated rings. The van der Waals surface area contributed by atoms with E-state index < -0.39 is 0 Å². The molecule has 2 rings (SSSR count). The SMILES string of the molecule is COc1cc(Cl)cc2c1CCNC2. The Bertz CT molecular complexity index is 308. The maximum Gasteiger partial charge on any atom is 0.123 e. The van der Waals surface area contributed by atoms with Crippen LogP contribution in [-0.4, -0.2) is 13.7 Å². The fourth-order valence-corrected chi connectivity index (χ4v) is 1.96. The zero-order valence-electron chi connectivity index (χ0n) is 7.56. The number of methoxy groups -OCH3 is 1. The Morgan fingerprint density at radius 3 is 3.08 bits per heavy atom. The van der Waals surface area contributed by atoms with Gasteiger partial charge >= 0.3 is 0 Å². The lowest BCUT2D eigenvalue weighted by Gasteiger charge is -2.19. The second kappa shape index (κ2) is 3.56. The topological polar surface area (TPSA) is 21.3 Å². The van der Waals surface area contributed by atoms with Crippen LogP contribution in [0.3, 0.4) is 0 Å². The van der Waals surface area contributed by atoms with Gasteiger partial charge < -0.3 is 10.1 Å². The molecule has 0 radical (unpaired) electrons. The van der Waals surface area contributed by atoms with Gasteiger partial charge in [-0.2, -0.15) is 0 Å². The Morgan fingerprint density at radius 1 is 1.46 bits per heavy atom. The largest absolute Gasteiger partial charge is 0.496 e. The van der Waals surface area contributed by atoms with E-state index in [1.807, 2.05) is 12.1 Å². The molecule has 13 heavy (non-hydrogen) atoms. The molecule has 1 heterocycles. The summed E-state index contributed by atoms with van der Waals surface area (Å²) in [5.74, 6) is 0.920. The fraction of sp³-hybridized carbons (Fsp3) is 0.400. The monoisotopic (exact) mass is 197 g/mol. The van der Waals surface area contributed by atoms with Gasteiger partial charge in [0.05, 0.1) is 7.11 Å². The Kier molecular flexibility index (Phi) is 2.42. The van der Waals surface area contributed by atoms with E-state index in [0.717, 1.165) is 30.3 Å². The van der Waals surface area contributed by atoms with Gasteiger partial charge in [-0.1, -0.05) is 11.6 Å². The predicted octanol–water partition coefficient (Wildman–Crippen LogP) is 1.99. The van der Waals surface area contributed by atoms with E-state index in [-0.39, 0.29) is 0 Å². The molecule has 2 nitrogen and oxygen atoms in total. The summed E-state index contributed by atoms with van der Waals surface area (Å²) in [5, 5.41) is 4.05. The second-order valence-electron chi connectivity index (χ2n) is 3.17. The summed E-state index contributed by atoms with van der Waals surface area (Å²) in [6.07, 6.45) is 1.02. The third-order valence-corrected chi connectivity index (χ3v) is 2.57. The third kappa shape index (κ3) is 1.64. The predicted molar refractivity (Wildman–Crippen MR) is 53.4 cm³/mol. The average molecular weight is 198 g/mol. The normalized spacial score (nSPS) is 15.2. The second-order valence-corrected chi connectivity index (χ2v) is 3.61. The highest BCUT2D eigenvalue weighted by molar-refractivity contribution is 6.30. The van der Waals surface area contributed by atoms with Crippen LogP contribution in [0.5, 0.6) is 5.75 Å². The molecule has 0 aromatic heterocycles. The molecule has 1 aliphatic rings. The minimum atomic E-state index is 0.749. The highest BCUT2D eigenvalue weighted by Crippen LogP contribution is 2.29. The number of hydrogen-bond donors (Lipinski definition) is 1. The number of ether oxygens (including phenoxy) is 1. The molecule has 1 aromatic carbocycles. The number of benzene rings is 1. The van der Waals surface area contributed by atoms with Crippen molar-refractivity contribution in [3.63, 3.8) is 0 Å². The van der Waals surface area contributed by atoms with Crippen molar-refractivity contribution in [1.29, 1.82) is 0 Å². The summed E-state index contributed by atoms with van der Waals surface area (Å²) in [6, 6.07) is 3.89. The van der Waals surface area contributed by atoms with E-state index in [1.165, 1.54) is 11.1 Å². The first-order chi connectivity index (χ1) is 6.31. The van der Waals surface area contributed by atoms with Crippen LogP contribution in [0.2, 0.25) is 5.02 Å². The van der Waals surface area contributed by atoms with Crippen LogP contribution in [0, 0.1) is 0 Å². The van der Waals surface area contributed by atoms with Crippen molar-refractivity contribution in [3.05, 3.63) is 28.3 Å². The van der Waals surface area contributed by atoms with Crippen molar-refractivity contribution >= 4 is 11.6 Å². The van der Waals surface area contributed by atoms with Gasteiger partial charge in [0.25, 0.3) is 0 Å². The Balaban J connectivity index is 2.50. The van der Waals surface area contributed by atoms with Crippen molar-refractivity contribution < 1.29 is 4.74 Å². The first-order valence-corrected chi connectivity index (χ1v) is 4.75. The lowest BCUT2D eigenvalue weighted by atomic mass is 10.0. The van der Waals surface area contributed by atoms with E-state index in [0.29, 0.717) is 0 Å². The summed E-state index contributed by atoms with van der Waals surface area (Å²) in [5.41, 5.74) is 2.56. The van der Waals surface area contributed by atoms with Crippen LogP contribution in [0.25, 0.3) is 0 Å². The molecule has 0 atom stereocenters. The molecule has 0 spiro atoms. The summed E-state index contributed by atoms with van der Waals surface area (Å²) in [7, 11) is 1.69. The fourth-order valence-electron chi connectivity index (χ4n) is 1.73. The maximum absolute atomic E-state index is 5.95. The van der Waals surface area contributed by atoms with E-state index >= 15 is 0 Å². The Labute approximate surface area is 82.9 Å². The van der Waals surface area contributed by atoms with Gasteiger partial charge in [0, 0.05) is 11.6 Å². The summed E-state index contributed by atoms with van der Waals surface area (Å²) < 4.78 is 5.28. The molecular weight excluding hydrogens is 186 g/mol. The molecule has 1 N–H and O–H groups in total. The van der Waals surface area contributed by atoms with Crippen molar-refractivity contribution in [2.75, 3.05) is 13.7 Å². The third-order valence-electron chi connectivity index (χ3n) is 2.35. The Hall–Kier alpha value is -0.730. The minimum Gasteiger partial charge on any atom is -0.496 e. The highest BCUT2D eigenvalue weighted by Gasteiger charge is 2.14. The number of hydrogen-bond acceptors (Lipinski definition) is 2. The summed E-state index contributed by atoms with van der Waals surface area (Å²) >= 11 is 5.95. The zero-order valence-corrected chi connectivity index (χ0v) is 8.32. The van der Waals surface area contributed by atoms with Crippen LogP contribution in [-0.2, 0) is 13.0 Å². The van der Waals surface area contributed by atoms with Gasteiger partial charge in [-0.15, -0.1) is 0 Å². The van der Waals surface area contributed by atoms with Gasteiger partial charge in [-0.05, 0) is 36.2 Å². The van der Waals surface area contributed by atoms with Crippen LogP contribution in [0.15, 0.2) is 12.1 Å². The number of halogens is 1. The maximum atomic E-state index is 5.95. The van der Waals surface area contributed by atoms with Crippen molar-refractivity contribution in [2.45, 2.75) is 13.0 Å². The molecule has 1 aliphatic heterocycles. The Morgan fingerprint density at radius 2 is 2.31 bits per heavy atom. The van der Waals surface area contributed by atoms with E-state index in [1.54, 1.807) is 7.11 Å². The van der Waals surface area contributed by atoms with Crippen molar-refractivity contribution in [1.82, 2.24) is 5.32 Å². The number of fused-ring (bicyclic) bond motifs is 1. The van der Waals surface area contributed by atoms with Crippen LogP contribution in [0.1, 0.15) is 11.1 Å². The number of nitrogens with one attached hydrogen (secondary N) is 1. The lowest BCUT2D eigenvalue weighted by Crippen LogP contribution is -2.23. The smallest absolute Gasteiger partial charge is 0.123 e. The molecule has 70 valence electrons. The van der Waals surface area contributed by atoms with E-state index in [4.69, 9.17) is 16.3 Å². The van der Waals surface area contributed by atoms with Crippen LogP contribution in [0.4, 0.5) is 0 Å². The molecular formula is C10H12ClNO. The summed E-state index contributed by atoms with van der Waals surface area (Å²) in [4.78, 5) is 0.